The molecule has 1 saturated heterocycles. The van der Waals surface area contributed by atoms with Crippen molar-refractivity contribution in [1.82, 2.24) is 30.5 Å². The lowest BCUT2D eigenvalue weighted by atomic mass is 10.2. The Morgan fingerprint density at radius 2 is 2.00 bits per heavy atom. The summed E-state index contributed by atoms with van der Waals surface area (Å²) >= 11 is 0. The smallest absolute Gasteiger partial charge is 0.318 e. The topological polar surface area (TPSA) is 92.2 Å². The molecule has 0 unspecified atom stereocenters. The van der Waals surface area contributed by atoms with Gasteiger partial charge in [-0.2, -0.15) is 0 Å². The van der Waals surface area contributed by atoms with Crippen LogP contribution in [0.15, 0.2) is 30.5 Å². The molecule has 1 aromatic heterocycles. The van der Waals surface area contributed by atoms with E-state index in [2.05, 4.69) is 20.9 Å². The molecular weight excluding hydrogens is 377 g/mol. The predicted molar refractivity (Wildman–Crippen MR) is 92.1 cm³/mol. The largest absolute Gasteiger partial charge is 0.354 e. The number of halogens is 3. The fourth-order valence-corrected chi connectivity index (χ4v) is 3.02. The molecule has 11 heteroatoms. The van der Waals surface area contributed by atoms with Gasteiger partial charge in [0.15, 0.2) is 5.69 Å². The van der Waals surface area contributed by atoms with E-state index < -0.39 is 42.7 Å². The Hall–Kier alpha value is -3.11. The minimum absolute atomic E-state index is 0.0243. The highest BCUT2D eigenvalue weighted by atomic mass is 19.3. The molecule has 2 aromatic rings. The SMILES string of the molecule is CNC(=O)c1cn(C[C@@H]2CC(F)(F)CN2C(=O)NCc2ccc(F)cc2)nn1. The molecule has 1 aliphatic heterocycles. The molecule has 1 atom stereocenters. The average molecular weight is 396 g/mol. The fourth-order valence-electron chi connectivity index (χ4n) is 3.02. The number of aromatic nitrogens is 3. The number of likely N-dealkylation sites (tertiary alicyclic amines) is 1. The van der Waals surface area contributed by atoms with Gasteiger partial charge in [-0.15, -0.1) is 5.10 Å². The van der Waals surface area contributed by atoms with Crippen molar-refractivity contribution in [3.8, 4) is 0 Å². The van der Waals surface area contributed by atoms with Crippen LogP contribution in [0, 0.1) is 5.82 Å². The first-order chi connectivity index (χ1) is 13.3. The van der Waals surface area contributed by atoms with E-state index in [1.54, 1.807) is 0 Å². The van der Waals surface area contributed by atoms with Crippen molar-refractivity contribution in [3.63, 3.8) is 0 Å². The maximum absolute atomic E-state index is 13.9. The Kier molecular flexibility index (Phi) is 5.52. The molecule has 0 aliphatic carbocycles. The lowest BCUT2D eigenvalue weighted by molar-refractivity contribution is 0.0145. The molecular formula is C17H19F3N6O2. The van der Waals surface area contributed by atoms with Gasteiger partial charge in [0.2, 0.25) is 0 Å². The van der Waals surface area contributed by atoms with Crippen LogP contribution in [0.3, 0.4) is 0 Å². The summed E-state index contributed by atoms with van der Waals surface area (Å²) in [6.45, 7) is -0.661. The normalized spacial score (nSPS) is 18.1. The van der Waals surface area contributed by atoms with Crippen LogP contribution >= 0.6 is 0 Å². The van der Waals surface area contributed by atoms with Crippen LogP contribution in [0.2, 0.25) is 0 Å². The number of alkyl halides is 2. The van der Waals surface area contributed by atoms with E-state index in [9.17, 15) is 22.8 Å². The highest BCUT2D eigenvalue weighted by Crippen LogP contribution is 2.32. The number of urea groups is 1. The van der Waals surface area contributed by atoms with Crippen LogP contribution in [0.4, 0.5) is 18.0 Å². The molecule has 0 radical (unpaired) electrons. The van der Waals surface area contributed by atoms with E-state index in [4.69, 9.17) is 0 Å². The maximum Gasteiger partial charge on any atom is 0.318 e. The maximum atomic E-state index is 13.9. The molecule has 2 heterocycles. The predicted octanol–water partition coefficient (Wildman–Crippen LogP) is 1.40. The van der Waals surface area contributed by atoms with Gasteiger partial charge in [0, 0.05) is 20.0 Å². The monoisotopic (exact) mass is 396 g/mol. The molecule has 1 aliphatic rings. The van der Waals surface area contributed by atoms with Crippen LogP contribution in [0.25, 0.3) is 0 Å². The van der Waals surface area contributed by atoms with Gasteiger partial charge < -0.3 is 15.5 Å². The Bertz CT molecular complexity index is 855. The van der Waals surface area contributed by atoms with Gasteiger partial charge in [-0.1, -0.05) is 17.3 Å². The van der Waals surface area contributed by atoms with Crippen molar-refractivity contribution in [2.75, 3.05) is 13.6 Å². The summed E-state index contributed by atoms with van der Waals surface area (Å²) in [7, 11) is 1.44. The highest BCUT2D eigenvalue weighted by Gasteiger charge is 2.47. The van der Waals surface area contributed by atoms with Gasteiger partial charge >= 0.3 is 6.03 Å². The van der Waals surface area contributed by atoms with E-state index in [1.807, 2.05) is 0 Å². The number of amides is 3. The molecule has 0 bridgehead atoms. The summed E-state index contributed by atoms with van der Waals surface area (Å²) < 4.78 is 42.1. The van der Waals surface area contributed by atoms with Crippen molar-refractivity contribution in [3.05, 3.63) is 47.5 Å². The minimum atomic E-state index is -3.03. The van der Waals surface area contributed by atoms with Gasteiger partial charge in [0.25, 0.3) is 11.8 Å². The van der Waals surface area contributed by atoms with Crippen LogP contribution in [0.1, 0.15) is 22.5 Å². The van der Waals surface area contributed by atoms with Gasteiger partial charge in [-0.25, -0.2) is 22.6 Å². The zero-order valence-electron chi connectivity index (χ0n) is 15.0. The molecule has 8 nitrogen and oxygen atoms in total. The minimum Gasteiger partial charge on any atom is -0.354 e. The fraction of sp³-hybridized carbons (Fsp3) is 0.412. The summed E-state index contributed by atoms with van der Waals surface area (Å²) in [6, 6.07) is 4.04. The first-order valence-corrected chi connectivity index (χ1v) is 8.56. The highest BCUT2D eigenvalue weighted by molar-refractivity contribution is 5.91. The van der Waals surface area contributed by atoms with E-state index in [0.29, 0.717) is 5.56 Å². The molecule has 1 fully saturated rings. The summed E-state index contributed by atoms with van der Waals surface area (Å²) in [5.41, 5.74) is 0.698. The lowest BCUT2D eigenvalue weighted by Crippen LogP contribution is -2.44. The summed E-state index contributed by atoms with van der Waals surface area (Å²) in [5.74, 6) is -3.88. The molecule has 3 amide bonds. The molecule has 2 N–H and O–H groups in total. The molecule has 1 aromatic carbocycles. The Morgan fingerprint density at radius 3 is 2.68 bits per heavy atom. The first-order valence-electron chi connectivity index (χ1n) is 8.56. The molecule has 150 valence electrons. The number of hydrogen-bond acceptors (Lipinski definition) is 4. The number of carbonyl (C=O) groups is 2. The number of rotatable bonds is 5. The standard InChI is InChI=1S/C17H19F3N6O2/c1-21-15(27)14-9-25(24-23-14)8-13-6-17(19,20)10-26(13)16(28)22-7-11-2-4-12(18)5-3-11/h2-5,9,13H,6-8,10H2,1H3,(H,21,27)(H,22,28)/t13-/m0/s1. The van der Waals surface area contributed by atoms with Crippen molar-refractivity contribution >= 4 is 11.9 Å². The van der Waals surface area contributed by atoms with Gasteiger partial charge in [-0.3, -0.25) is 4.79 Å². The Morgan fingerprint density at radius 1 is 1.29 bits per heavy atom. The average Bonchev–Trinajstić information content (AvgIpc) is 3.24. The molecule has 0 spiro atoms. The van der Waals surface area contributed by atoms with Crippen LogP contribution in [-0.4, -0.2) is 57.4 Å². The van der Waals surface area contributed by atoms with Gasteiger partial charge in [0.1, 0.15) is 5.82 Å². The number of carbonyl (C=O) groups excluding carboxylic acids is 2. The van der Waals surface area contributed by atoms with E-state index in [1.165, 1.54) is 42.2 Å². The zero-order valence-corrected chi connectivity index (χ0v) is 15.0. The molecule has 3 rings (SSSR count). The number of benzene rings is 1. The third-order valence-corrected chi connectivity index (χ3v) is 4.39. The second kappa shape index (κ2) is 7.87. The van der Waals surface area contributed by atoms with Crippen LogP contribution in [-0.2, 0) is 13.1 Å². The van der Waals surface area contributed by atoms with Crippen molar-refractivity contribution in [2.45, 2.75) is 31.5 Å². The van der Waals surface area contributed by atoms with Crippen LogP contribution in [0.5, 0.6) is 0 Å². The second-order valence-electron chi connectivity index (χ2n) is 6.53. The quantitative estimate of drug-likeness (QED) is 0.799. The first kappa shape index (κ1) is 19.6. The Labute approximate surface area is 158 Å². The number of nitrogens with zero attached hydrogens (tertiary/aromatic N) is 4. The van der Waals surface area contributed by atoms with Crippen molar-refractivity contribution in [1.29, 1.82) is 0 Å². The Balaban J connectivity index is 1.65. The lowest BCUT2D eigenvalue weighted by Gasteiger charge is -2.24. The summed E-state index contributed by atoms with van der Waals surface area (Å²) in [5, 5.41) is 12.4. The third-order valence-electron chi connectivity index (χ3n) is 4.39. The summed E-state index contributed by atoms with van der Waals surface area (Å²) in [4.78, 5) is 25.0. The molecule has 28 heavy (non-hydrogen) atoms. The van der Waals surface area contributed by atoms with Crippen molar-refractivity contribution in [2.24, 2.45) is 0 Å². The third kappa shape index (κ3) is 4.59. The molecule has 0 saturated carbocycles. The van der Waals surface area contributed by atoms with Gasteiger partial charge in [0.05, 0.1) is 25.3 Å². The van der Waals surface area contributed by atoms with E-state index in [-0.39, 0.29) is 18.8 Å². The van der Waals surface area contributed by atoms with Gasteiger partial charge in [-0.05, 0) is 17.7 Å². The van der Waals surface area contributed by atoms with E-state index >= 15 is 0 Å². The van der Waals surface area contributed by atoms with Crippen LogP contribution < -0.4 is 10.6 Å². The number of nitrogens with one attached hydrogen (secondary N) is 2. The second-order valence-corrected chi connectivity index (χ2v) is 6.53. The van der Waals surface area contributed by atoms with Crippen molar-refractivity contribution < 1.29 is 22.8 Å². The zero-order chi connectivity index (χ0) is 20.3. The summed E-state index contributed by atoms with van der Waals surface area (Å²) in [6.07, 6.45) is 0.816. The van der Waals surface area contributed by atoms with E-state index in [0.717, 1.165) is 4.90 Å². The number of hydrogen-bond donors (Lipinski definition) is 2.